The van der Waals surface area contributed by atoms with Crippen molar-refractivity contribution in [1.29, 1.82) is 0 Å². The number of aryl methyl sites for hydroxylation is 1. The summed E-state index contributed by atoms with van der Waals surface area (Å²) in [5, 5.41) is 7.60. The number of anilines is 1. The molecule has 1 N–H and O–H groups in total. The molecular formula is C12H18N4O. The normalized spacial score (nSPS) is 11.3. The fourth-order valence-electron chi connectivity index (χ4n) is 1.64. The molecule has 17 heavy (non-hydrogen) atoms. The average molecular weight is 234 g/mol. The minimum atomic E-state index is 0.262. The Labute approximate surface area is 101 Å². The molecular weight excluding hydrogens is 216 g/mol. The molecule has 0 aliphatic rings. The van der Waals surface area contributed by atoms with Gasteiger partial charge in [0.1, 0.15) is 5.52 Å². The van der Waals surface area contributed by atoms with Crippen LogP contribution in [-0.4, -0.2) is 33.9 Å². The number of hydrogen-bond acceptors (Lipinski definition) is 4. The van der Waals surface area contributed by atoms with E-state index in [-0.39, 0.29) is 6.10 Å². The quantitative estimate of drug-likeness (QED) is 0.802. The van der Waals surface area contributed by atoms with E-state index >= 15 is 0 Å². The van der Waals surface area contributed by atoms with Gasteiger partial charge in [0.2, 0.25) is 0 Å². The van der Waals surface area contributed by atoms with E-state index in [1.165, 1.54) is 0 Å². The molecule has 0 unspecified atom stereocenters. The Morgan fingerprint density at radius 3 is 3.06 bits per heavy atom. The van der Waals surface area contributed by atoms with E-state index in [0.717, 1.165) is 23.6 Å². The topological polar surface area (TPSA) is 51.5 Å². The molecule has 0 atom stereocenters. The molecule has 0 saturated heterocycles. The highest BCUT2D eigenvalue weighted by Gasteiger charge is 2.04. The molecule has 0 bridgehead atoms. The molecule has 0 radical (unpaired) electrons. The van der Waals surface area contributed by atoms with E-state index < -0.39 is 0 Å². The third kappa shape index (κ3) is 2.94. The Hall–Kier alpha value is -1.62. The van der Waals surface area contributed by atoms with Crippen LogP contribution in [0.25, 0.3) is 5.52 Å². The van der Waals surface area contributed by atoms with E-state index in [0.29, 0.717) is 6.61 Å². The second-order valence-corrected chi connectivity index (χ2v) is 4.24. The molecule has 2 heterocycles. The van der Waals surface area contributed by atoms with Gasteiger partial charge in [-0.2, -0.15) is 5.10 Å². The number of ether oxygens (including phenoxy) is 1. The largest absolute Gasteiger partial charge is 0.377 e. The molecule has 0 aromatic carbocycles. The number of fused-ring (bicyclic) bond motifs is 1. The monoisotopic (exact) mass is 234 g/mol. The molecule has 2 rings (SSSR count). The third-order valence-corrected chi connectivity index (χ3v) is 2.36. The Kier molecular flexibility index (Phi) is 3.58. The standard InChI is InChI=1S/C12H18N4O/c1-9(2)17-7-5-14-12-11-8-10(3)15-16(11)6-4-13-12/h4,6,8-9H,5,7H2,1-3H3,(H,13,14). The summed E-state index contributed by atoms with van der Waals surface area (Å²) in [5.74, 6) is 0.848. The van der Waals surface area contributed by atoms with Crippen LogP contribution >= 0.6 is 0 Å². The lowest BCUT2D eigenvalue weighted by Gasteiger charge is -2.09. The maximum absolute atomic E-state index is 5.47. The summed E-state index contributed by atoms with van der Waals surface area (Å²) in [4.78, 5) is 4.31. The predicted molar refractivity (Wildman–Crippen MR) is 67.3 cm³/mol. The summed E-state index contributed by atoms with van der Waals surface area (Å²) in [5.41, 5.74) is 1.98. The fourth-order valence-corrected chi connectivity index (χ4v) is 1.64. The van der Waals surface area contributed by atoms with Crippen LogP contribution in [0.3, 0.4) is 0 Å². The van der Waals surface area contributed by atoms with Crippen LogP contribution in [0.15, 0.2) is 18.5 Å². The summed E-state index contributed by atoms with van der Waals surface area (Å²) in [7, 11) is 0. The zero-order chi connectivity index (χ0) is 12.3. The highest BCUT2D eigenvalue weighted by Crippen LogP contribution is 2.13. The van der Waals surface area contributed by atoms with Crippen LogP contribution in [-0.2, 0) is 4.74 Å². The van der Waals surface area contributed by atoms with Crippen LogP contribution in [0.4, 0.5) is 5.82 Å². The van der Waals surface area contributed by atoms with Crippen LogP contribution in [0.5, 0.6) is 0 Å². The Morgan fingerprint density at radius 2 is 2.29 bits per heavy atom. The van der Waals surface area contributed by atoms with Gasteiger partial charge in [0.05, 0.1) is 18.4 Å². The van der Waals surface area contributed by atoms with Gasteiger partial charge in [0.25, 0.3) is 0 Å². The van der Waals surface area contributed by atoms with E-state index in [2.05, 4.69) is 15.4 Å². The smallest absolute Gasteiger partial charge is 0.152 e. The zero-order valence-electron chi connectivity index (χ0n) is 10.5. The van der Waals surface area contributed by atoms with Crippen LogP contribution in [0.1, 0.15) is 19.5 Å². The lowest BCUT2D eigenvalue weighted by atomic mass is 10.4. The van der Waals surface area contributed by atoms with E-state index in [9.17, 15) is 0 Å². The molecule has 5 nitrogen and oxygen atoms in total. The second-order valence-electron chi connectivity index (χ2n) is 4.24. The van der Waals surface area contributed by atoms with Crippen molar-refractivity contribution in [2.24, 2.45) is 0 Å². The molecule has 2 aromatic rings. The van der Waals surface area contributed by atoms with Gasteiger partial charge >= 0.3 is 0 Å². The van der Waals surface area contributed by atoms with Gasteiger partial charge in [0.15, 0.2) is 5.82 Å². The van der Waals surface area contributed by atoms with Gasteiger partial charge in [-0.1, -0.05) is 0 Å². The molecule has 0 amide bonds. The lowest BCUT2D eigenvalue weighted by molar-refractivity contribution is 0.0870. The van der Waals surface area contributed by atoms with Crippen molar-refractivity contribution in [1.82, 2.24) is 14.6 Å². The summed E-state index contributed by atoms with van der Waals surface area (Å²) in [6.45, 7) is 7.44. The van der Waals surface area contributed by atoms with Crippen LogP contribution in [0, 0.1) is 6.92 Å². The molecule has 0 aliphatic carbocycles. The summed E-state index contributed by atoms with van der Waals surface area (Å²) >= 11 is 0. The van der Waals surface area contributed by atoms with Crippen molar-refractivity contribution in [2.75, 3.05) is 18.5 Å². The highest BCUT2D eigenvalue weighted by atomic mass is 16.5. The van der Waals surface area contributed by atoms with Gasteiger partial charge in [-0.05, 0) is 26.8 Å². The SMILES string of the molecule is Cc1cc2c(NCCOC(C)C)nccn2n1. The third-order valence-electron chi connectivity index (χ3n) is 2.36. The zero-order valence-corrected chi connectivity index (χ0v) is 10.5. The van der Waals surface area contributed by atoms with Crippen molar-refractivity contribution < 1.29 is 4.74 Å². The molecule has 0 saturated carbocycles. The molecule has 92 valence electrons. The van der Waals surface area contributed by atoms with E-state index in [4.69, 9.17) is 4.74 Å². The molecule has 0 spiro atoms. The molecule has 2 aromatic heterocycles. The average Bonchev–Trinajstić information content (AvgIpc) is 2.65. The second kappa shape index (κ2) is 5.14. The number of aromatic nitrogens is 3. The van der Waals surface area contributed by atoms with Gasteiger partial charge < -0.3 is 10.1 Å². The number of rotatable bonds is 5. The summed E-state index contributed by atoms with van der Waals surface area (Å²) < 4.78 is 7.30. The first-order chi connectivity index (χ1) is 8.16. The minimum Gasteiger partial charge on any atom is -0.377 e. The van der Waals surface area contributed by atoms with Gasteiger partial charge in [0, 0.05) is 18.9 Å². The van der Waals surface area contributed by atoms with Crippen molar-refractivity contribution in [2.45, 2.75) is 26.9 Å². The Morgan fingerprint density at radius 1 is 1.47 bits per heavy atom. The Balaban J connectivity index is 2.03. The van der Waals surface area contributed by atoms with E-state index in [1.54, 1.807) is 6.20 Å². The number of nitrogens with one attached hydrogen (secondary N) is 1. The molecule has 0 aliphatic heterocycles. The van der Waals surface area contributed by atoms with Gasteiger partial charge in [-0.15, -0.1) is 0 Å². The molecule has 0 fully saturated rings. The maximum atomic E-state index is 5.47. The van der Waals surface area contributed by atoms with Gasteiger partial charge in [-0.25, -0.2) is 9.50 Å². The summed E-state index contributed by atoms with van der Waals surface area (Å²) in [6.07, 6.45) is 3.85. The van der Waals surface area contributed by atoms with Crippen LogP contribution < -0.4 is 5.32 Å². The van der Waals surface area contributed by atoms with E-state index in [1.807, 2.05) is 37.5 Å². The van der Waals surface area contributed by atoms with Crippen molar-refractivity contribution in [3.8, 4) is 0 Å². The lowest BCUT2D eigenvalue weighted by Crippen LogP contribution is -2.14. The maximum Gasteiger partial charge on any atom is 0.152 e. The van der Waals surface area contributed by atoms with Crippen molar-refractivity contribution >= 4 is 11.3 Å². The van der Waals surface area contributed by atoms with Crippen molar-refractivity contribution in [3.05, 3.63) is 24.2 Å². The number of hydrogen-bond donors (Lipinski definition) is 1. The van der Waals surface area contributed by atoms with Gasteiger partial charge in [-0.3, -0.25) is 0 Å². The summed E-state index contributed by atoms with van der Waals surface area (Å²) in [6, 6.07) is 2.01. The predicted octanol–water partition coefficient (Wildman–Crippen LogP) is 1.87. The first-order valence-corrected chi connectivity index (χ1v) is 5.83. The number of nitrogens with zero attached hydrogens (tertiary/aromatic N) is 3. The van der Waals surface area contributed by atoms with Crippen molar-refractivity contribution in [3.63, 3.8) is 0 Å². The minimum absolute atomic E-state index is 0.262. The fraction of sp³-hybridized carbons (Fsp3) is 0.500. The molecule has 5 heteroatoms. The van der Waals surface area contributed by atoms with Crippen LogP contribution in [0.2, 0.25) is 0 Å². The Bertz CT molecular complexity index is 492. The first-order valence-electron chi connectivity index (χ1n) is 5.83. The first kappa shape index (κ1) is 11.9. The highest BCUT2D eigenvalue weighted by molar-refractivity contribution is 5.67.